The molecule has 1 fully saturated rings. The Balaban J connectivity index is 1.59. The van der Waals surface area contributed by atoms with Crippen molar-refractivity contribution in [3.8, 4) is 5.75 Å². The summed E-state index contributed by atoms with van der Waals surface area (Å²) in [5, 5.41) is 2.88. The predicted octanol–water partition coefficient (Wildman–Crippen LogP) is 2.62. The lowest BCUT2D eigenvalue weighted by Gasteiger charge is -2.16. The van der Waals surface area contributed by atoms with E-state index in [4.69, 9.17) is 4.74 Å². The van der Waals surface area contributed by atoms with E-state index in [0.717, 1.165) is 31.5 Å². The fourth-order valence-corrected chi connectivity index (χ4v) is 2.85. The molecule has 0 atom stereocenters. The molecule has 0 aliphatic carbocycles. The molecule has 1 heterocycles. The molecule has 1 N–H and O–H groups in total. The van der Waals surface area contributed by atoms with Gasteiger partial charge in [0.05, 0.1) is 5.56 Å². The second-order valence-electron chi connectivity index (χ2n) is 6.04. The quantitative estimate of drug-likeness (QED) is 0.881. The molecule has 1 aliphatic rings. The van der Waals surface area contributed by atoms with Gasteiger partial charge in [-0.25, -0.2) is 0 Å². The standard InChI is InChI=1S/C20H22N2O3/c23-19(22-12-6-7-13-22)15-25-18-11-5-4-10-17(18)20(24)21-14-16-8-2-1-3-9-16/h1-5,8-11H,6-7,12-15H2,(H,21,24). The van der Waals surface area contributed by atoms with E-state index < -0.39 is 0 Å². The third-order valence-electron chi connectivity index (χ3n) is 4.24. The van der Waals surface area contributed by atoms with Crippen molar-refractivity contribution in [3.63, 3.8) is 0 Å². The minimum absolute atomic E-state index is 0.0306. The molecule has 2 amide bonds. The van der Waals surface area contributed by atoms with Gasteiger partial charge in [0.15, 0.2) is 6.61 Å². The monoisotopic (exact) mass is 338 g/mol. The summed E-state index contributed by atoms with van der Waals surface area (Å²) in [6.07, 6.45) is 2.09. The van der Waals surface area contributed by atoms with Crippen molar-refractivity contribution in [1.29, 1.82) is 0 Å². The maximum absolute atomic E-state index is 12.5. The topological polar surface area (TPSA) is 58.6 Å². The lowest BCUT2D eigenvalue weighted by Crippen LogP contribution is -2.32. The Morgan fingerprint density at radius 3 is 2.40 bits per heavy atom. The molecule has 3 rings (SSSR count). The third-order valence-corrected chi connectivity index (χ3v) is 4.24. The molecule has 0 saturated carbocycles. The minimum Gasteiger partial charge on any atom is -0.483 e. The summed E-state index contributed by atoms with van der Waals surface area (Å²) in [5.41, 5.74) is 1.46. The Morgan fingerprint density at radius 2 is 1.64 bits per heavy atom. The van der Waals surface area contributed by atoms with E-state index in [9.17, 15) is 9.59 Å². The predicted molar refractivity (Wildman–Crippen MR) is 95.4 cm³/mol. The third kappa shape index (κ3) is 4.59. The molecule has 0 bridgehead atoms. The van der Waals surface area contributed by atoms with Crippen molar-refractivity contribution >= 4 is 11.8 Å². The van der Waals surface area contributed by atoms with Crippen molar-refractivity contribution in [3.05, 3.63) is 65.7 Å². The SMILES string of the molecule is O=C(NCc1ccccc1)c1ccccc1OCC(=O)N1CCCC1. The molecule has 1 aliphatic heterocycles. The number of carbonyl (C=O) groups is 2. The summed E-state index contributed by atoms with van der Waals surface area (Å²) in [6.45, 7) is 1.99. The normalized spacial score (nSPS) is 13.5. The van der Waals surface area contributed by atoms with Crippen molar-refractivity contribution < 1.29 is 14.3 Å². The highest BCUT2D eigenvalue weighted by Gasteiger charge is 2.19. The first-order valence-corrected chi connectivity index (χ1v) is 8.56. The summed E-state index contributed by atoms with van der Waals surface area (Å²) >= 11 is 0. The smallest absolute Gasteiger partial charge is 0.260 e. The molecule has 0 aromatic heterocycles. The first-order chi connectivity index (χ1) is 12.2. The molecule has 5 nitrogen and oxygen atoms in total. The highest BCUT2D eigenvalue weighted by Crippen LogP contribution is 2.18. The van der Waals surface area contributed by atoms with Crippen LogP contribution in [0.3, 0.4) is 0 Å². The zero-order valence-corrected chi connectivity index (χ0v) is 14.1. The van der Waals surface area contributed by atoms with Crippen molar-refractivity contribution in [2.24, 2.45) is 0 Å². The zero-order valence-electron chi connectivity index (χ0n) is 14.1. The van der Waals surface area contributed by atoms with Crippen LogP contribution in [0.2, 0.25) is 0 Å². The van der Waals surface area contributed by atoms with Gasteiger partial charge in [0.1, 0.15) is 5.75 Å². The number of likely N-dealkylation sites (tertiary alicyclic amines) is 1. The number of rotatable bonds is 6. The van der Waals surface area contributed by atoms with Gasteiger partial charge in [-0.3, -0.25) is 9.59 Å². The average molecular weight is 338 g/mol. The molecular formula is C20H22N2O3. The van der Waals surface area contributed by atoms with Crippen LogP contribution in [0.25, 0.3) is 0 Å². The molecule has 1 saturated heterocycles. The first kappa shape index (κ1) is 17.0. The largest absolute Gasteiger partial charge is 0.483 e. The molecule has 2 aromatic rings. The van der Waals surface area contributed by atoms with Crippen molar-refractivity contribution in [2.45, 2.75) is 19.4 Å². The maximum Gasteiger partial charge on any atom is 0.260 e. The lowest BCUT2D eigenvalue weighted by molar-refractivity contribution is -0.132. The van der Waals surface area contributed by atoms with Crippen LogP contribution >= 0.6 is 0 Å². The highest BCUT2D eigenvalue weighted by atomic mass is 16.5. The van der Waals surface area contributed by atoms with Crippen molar-refractivity contribution in [1.82, 2.24) is 10.2 Å². The van der Waals surface area contributed by atoms with Crippen LogP contribution in [0.15, 0.2) is 54.6 Å². The van der Waals surface area contributed by atoms with E-state index in [1.54, 1.807) is 29.2 Å². The van der Waals surface area contributed by atoms with Crippen LogP contribution in [-0.2, 0) is 11.3 Å². The Labute approximate surface area is 147 Å². The lowest BCUT2D eigenvalue weighted by atomic mass is 10.1. The number of benzene rings is 2. The van der Waals surface area contributed by atoms with Gasteiger partial charge in [-0.2, -0.15) is 0 Å². The number of carbonyl (C=O) groups excluding carboxylic acids is 2. The van der Waals surface area contributed by atoms with Gasteiger partial charge >= 0.3 is 0 Å². The zero-order chi connectivity index (χ0) is 17.5. The molecule has 25 heavy (non-hydrogen) atoms. The number of amides is 2. The van der Waals surface area contributed by atoms with Crippen molar-refractivity contribution in [2.75, 3.05) is 19.7 Å². The van der Waals surface area contributed by atoms with Gasteiger partial charge in [0, 0.05) is 19.6 Å². The molecule has 2 aromatic carbocycles. The van der Waals surface area contributed by atoms with E-state index in [2.05, 4.69) is 5.32 Å². The molecular weight excluding hydrogens is 316 g/mol. The van der Waals surface area contributed by atoms with Crippen LogP contribution in [-0.4, -0.2) is 36.4 Å². The second-order valence-corrected chi connectivity index (χ2v) is 6.04. The number of hydrogen-bond acceptors (Lipinski definition) is 3. The highest BCUT2D eigenvalue weighted by molar-refractivity contribution is 5.97. The van der Waals surface area contributed by atoms with E-state index in [0.29, 0.717) is 17.9 Å². The maximum atomic E-state index is 12.5. The number of nitrogens with one attached hydrogen (secondary N) is 1. The second kappa shape index (κ2) is 8.33. The number of ether oxygens (including phenoxy) is 1. The van der Waals surface area contributed by atoms with E-state index in [-0.39, 0.29) is 18.4 Å². The van der Waals surface area contributed by atoms with Crippen LogP contribution < -0.4 is 10.1 Å². The fourth-order valence-electron chi connectivity index (χ4n) is 2.85. The summed E-state index contributed by atoms with van der Waals surface area (Å²) in [7, 11) is 0. The van der Waals surface area contributed by atoms with Gasteiger partial charge in [-0.15, -0.1) is 0 Å². The van der Waals surface area contributed by atoms with Crippen LogP contribution in [0, 0.1) is 0 Å². The minimum atomic E-state index is -0.215. The Morgan fingerprint density at radius 1 is 0.960 bits per heavy atom. The molecule has 130 valence electrons. The van der Waals surface area contributed by atoms with E-state index in [1.807, 2.05) is 30.3 Å². The Kier molecular flexibility index (Phi) is 5.67. The van der Waals surface area contributed by atoms with E-state index >= 15 is 0 Å². The van der Waals surface area contributed by atoms with Gasteiger partial charge in [0.25, 0.3) is 11.8 Å². The summed E-state index contributed by atoms with van der Waals surface area (Å²) in [4.78, 5) is 26.4. The Bertz CT molecular complexity index is 725. The molecule has 0 unspecified atom stereocenters. The van der Waals surface area contributed by atoms with Gasteiger partial charge < -0.3 is 15.0 Å². The van der Waals surface area contributed by atoms with Crippen LogP contribution in [0.1, 0.15) is 28.8 Å². The Hall–Kier alpha value is -2.82. The van der Waals surface area contributed by atoms with Gasteiger partial charge in [-0.1, -0.05) is 42.5 Å². The summed E-state index contributed by atoms with van der Waals surface area (Å²) in [5.74, 6) is 0.186. The van der Waals surface area contributed by atoms with E-state index in [1.165, 1.54) is 0 Å². The van der Waals surface area contributed by atoms with Crippen LogP contribution in [0.4, 0.5) is 0 Å². The molecule has 0 radical (unpaired) electrons. The first-order valence-electron chi connectivity index (χ1n) is 8.56. The average Bonchev–Trinajstić information content (AvgIpc) is 3.20. The summed E-state index contributed by atoms with van der Waals surface area (Å²) < 4.78 is 5.63. The molecule has 5 heteroatoms. The van der Waals surface area contributed by atoms with Crippen LogP contribution in [0.5, 0.6) is 5.75 Å². The van der Waals surface area contributed by atoms with Gasteiger partial charge in [-0.05, 0) is 30.5 Å². The van der Waals surface area contributed by atoms with Gasteiger partial charge in [0.2, 0.25) is 0 Å². The number of para-hydroxylation sites is 1. The fraction of sp³-hybridized carbons (Fsp3) is 0.300. The number of hydrogen-bond donors (Lipinski definition) is 1. The molecule has 0 spiro atoms. The number of nitrogens with zero attached hydrogens (tertiary/aromatic N) is 1. The summed E-state index contributed by atoms with van der Waals surface area (Å²) in [6, 6.07) is 16.7.